The molecule has 0 radical (unpaired) electrons. The van der Waals surface area contributed by atoms with Crippen LogP contribution in [0.1, 0.15) is 20.8 Å². The lowest BCUT2D eigenvalue weighted by molar-refractivity contribution is -0.136. The molecule has 1 aromatic carbocycles. The number of benzene rings is 1. The van der Waals surface area contributed by atoms with Gasteiger partial charge in [0.2, 0.25) is 15.9 Å². The average molecular weight is 360 g/mol. The maximum absolute atomic E-state index is 12.6. The summed E-state index contributed by atoms with van der Waals surface area (Å²) in [6, 6.07) is 5.19. The number of halogens is 1. The first-order valence-corrected chi connectivity index (χ1v) is 9.40. The van der Waals surface area contributed by atoms with Gasteiger partial charge in [-0.1, -0.05) is 11.6 Å². The Bertz CT molecular complexity index is 663. The predicted molar refractivity (Wildman–Crippen MR) is 89.9 cm³/mol. The topological polar surface area (TPSA) is 78.5 Å². The number of sulfonamides is 1. The number of nitrogens with zero attached hydrogens (tertiary/aromatic N) is 1. The van der Waals surface area contributed by atoms with Crippen LogP contribution < -0.4 is 10.0 Å². The van der Waals surface area contributed by atoms with Gasteiger partial charge in [-0.3, -0.25) is 4.79 Å². The fourth-order valence-electron chi connectivity index (χ4n) is 2.58. The molecule has 1 saturated heterocycles. The first-order valence-electron chi connectivity index (χ1n) is 7.54. The Kier molecular flexibility index (Phi) is 5.67. The van der Waals surface area contributed by atoms with Crippen molar-refractivity contribution in [1.29, 1.82) is 0 Å². The van der Waals surface area contributed by atoms with Crippen LogP contribution in [0.4, 0.5) is 0 Å². The van der Waals surface area contributed by atoms with Crippen LogP contribution in [0.25, 0.3) is 0 Å². The van der Waals surface area contributed by atoms with Crippen molar-refractivity contribution in [2.45, 2.75) is 43.8 Å². The lowest BCUT2D eigenvalue weighted by Crippen LogP contribution is -2.60. The van der Waals surface area contributed by atoms with E-state index in [2.05, 4.69) is 10.0 Å². The van der Waals surface area contributed by atoms with E-state index in [1.807, 2.05) is 13.8 Å². The minimum absolute atomic E-state index is 0.0127. The monoisotopic (exact) mass is 359 g/mol. The SMILES string of the molecule is CC(NS(=O)(=O)c1ccc(Cl)cc1)C(=O)N1CCNC(C)C1C. The second-order valence-electron chi connectivity index (χ2n) is 5.81. The summed E-state index contributed by atoms with van der Waals surface area (Å²) in [5.74, 6) is -0.219. The molecule has 2 rings (SSSR count). The number of hydrogen-bond acceptors (Lipinski definition) is 4. The Hall–Kier alpha value is -1.15. The van der Waals surface area contributed by atoms with E-state index in [0.717, 1.165) is 0 Å². The number of hydrogen-bond donors (Lipinski definition) is 2. The highest BCUT2D eigenvalue weighted by Crippen LogP contribution is 2.15. The van der Waals surface area contributed by atoms with Crippen molar-refractivity contribution in [2.75, 3.05) is 13.1 Å². The normalized spacial score (nSPS) is 23.6. The van der Waals surface area contributed by atoms with Gasteiger partial charge in [-0.25, -0.2) is 8.42 Å². The summed E-state index contributed by atoms with van der Waals surface area (Å²) < 4.78 is 27.1. The second kappa shape index (κ2) is 7.17. The van der Waals surface area contributed by atoms with E-state index in [0.29, 0.717) is 18.1 Å². The molecule has 0 aromatic heterocycles. The summed E-state index contributed by atoms with van der Waals surface area (Å²) in [4.78, 5) is 14.4. The minimum atomic E-state index is -3.76. The van der Waals surface area contributed by atoms with Crippen LogP contribution in [-0.2, 0) is 14.8 Å². The quantitative estimate of drug-likeness (QED) is 0.847. The smallest absolute Gasteiger partial charge is 0.241 e. The summed E-state index contributed by atoms with van der Waals surface area (Å²) in [5.41, 5.74) is 0. The summed E-state index contributed by atoms with van der Waals surface area (Å²) in [6.45, 7) is 6.79. The van der Waals surface area contributed by atoms with Gasteiger partial charge in [0.05, 0.1) is 10.9 Å². The number of amides is 1. The zero-order valence-electron chi connectivity index (χ0n) is 13.4. The standard InChI is InChI=1S/C15H22ClN3O3S/c1-10-12(3)19(9-8-17-10)15(20)11(2)18-23(21,22)14-6-4-13(16)5-7-14/h4-7,10-12,17-18H,8-9H2,1-3H3. The fourth-order valence-corrected chi connectivity index (χ4v) is 3.90. The van der Waals surface area contributed by atoms with Crippen molar-refractivity contribution in [3.05, 3.63) is 29.3 Å². The molecule has 0 bridgehead atoms. The van der Waals surface area contributed by atoms with Crippen molar-refractivity contribution >= 4 is 27.5 Å². The molecule has 2 N–H and O–H groups in total. The van der Waals surface area contributed by atoms with E-state index in [4.69, 9.17) is 11.6 Å². The van der Waals surface area contributed by atoms with Gasteiger partial charge in [-0.2, -0.15) is 4.72 Å². The van der Waals surface area contributed by atoms with Gasteiger partial charge in [-0.05, 0) is 45.0 Å². The van der Waals surface area contributed by atoms with Crippen molar-refractivity contribution in [2.24, 2.45) is 0 Å². The highest BCUT2D eigenvalue weighted by atomic mass is 35.5. The highest BCUT2D eigenvalue weighted by Gasteiger charge is 2.32. The van der Waals surface area contributed by atoms with Crippen molar-refractivity contribution in [3.63, 3.8) is 0 Å². The first-order chi connectivity index (χ1) is 10.7. The van der Waals surface area contributed by atoms with E-state index < -0.39 is 16.1 Å². The minimum Gasteiger partial charge on any atom is -0.336 e. The largest absolute Gasteiger partial charge is 0.336 e. The molecular weight excluding hydrogens is 338 g/mol. The van der Waals surface area contributed by atoms with Crippen molar-refractivity contribution in [1.82, 2.24) is 14.9 Å². The Labute approximate surface area is 142 Å². The summed E-state index contributed by atoms with van der Waals surface area (Å²) >= 11 is 5.77. The van der Waals surface area contributed by atoms with Crippen LogP contribution >= 0.6 is 11.6 Å². The molecule has 23 heavy (non-hydrogen) atoms. The van der Waals surface area contributed by atoms with Gasteiger partial charge >= 0.3 is 0 Å². The second-order valence-corrected chi connectivity index (χ2v) is 7.96. The number of piperazine rings is 1. The Balaban J connectivity index is 2.09. The number of carbonyl (C=O) groups is 1. The van der Waals surface area contributed by atoms with Gasteiger partial charge in [-0.15, -0.1) is 0 Å². The molecular formula is C15H22ClN3O3S. The number of nitrogens with one attached hydrogen (secondary N) is 2. The van der Waals surface area contributed by atoms with E-state index in [-0.39, 0.29) is 22.9 Å². The molecule has 3 atom stereocenters. The summed E-state index contributed by atoms with van der Waals surface area (Å²) in [7, 11) is -3.76. The Morgan fingerprint density at radius 1 is 1.35 bits per heavy atom. The predicted octanol–water partition coefficient (Wildman–Crippen LogP) is 1.22. The zero-order chi connectivity index (χ0) is 17.2. The number of carbonyl (C=O) groups excluding carboxylic acids is 1. The molecule has 0 saturated carbocycles. The molecule has 1 fully saturated rings. The van der Waals surface area contributed by atoms with E-state index in [1.165, 1.54) is 24.3 Å². The molecule has 6 nitrogen and oxygen atoms in total. The van der Waals surface area contributed by atoms with Gasteiger partial charge in [0.25, 0.3) is 0 Å². The molecule has 1 aliphatic rings. The molecule has 3 unspecified atom stereocenters. The van der Waals surface area contributed by atoms with E-state index in [9.17, 15) is 13.2 Å². The van der Waals surface area contributed by atoms with Crippen LogP contribution in [0.5, 0.6) is 0 Å². The van der Waals surface area contributed by atoms with Crippen LogP contribution in [-0.4, -0.2) is 50.4 Å². The van der Waals surface area contributed by atoms with Gasteiger partial charge in [0.15, 0.2) is 0 Å². The number of rotatable bonds is 4. The Morgan fingerprint density at radius 3 is 2.57 bits per heavy atom. The lowest BCUT2D eigenvalue weighted by Gasteiger charge is -2.39. The molecule has 1 amide bonds. The Morgan fingerprint density at radius 2 is 1.96 bits per heavy atom. The van der Waals surface area contributed by atoms with E-state index >= 15 is 0 Å². The zero-order valence-corrected chi connectivity index (χ0v) is 15.0. The lowest BCUT2D eigenvalue weighted by atomic mass is 10.1. The van der Waals surface area contributed by atoms with Crippen molar-refractivity contribution in [3.8, 4) is 0 Å². The van der Waals surface area contributed by atoms with E-state index in [1.54, 1.807) is 11.8 Å². The molecule has 0 aliphatic carbocycles. The molecule has 128 valence electrons. The third kappa shape index (κ3) is 4.23. The van der Waals surface area contributed by atoms with Gasteiger partial charge in [0, 0.05) is 30.2 Å². The summed E-state index contributed by atoms with van der Waals surface area (Å²) in [5, 5.41) is 3.75. The third-order valence-corrected chi connectivity index (χ3v) is 5.95. The maximum atomic E-state index is 12.6. The van der Waals surface area contributed by atoms with Crippen molar-refractivity contribution < 1.29 is 13.2 Å². The highest BCUT2D eigenvalue weighted by molar-refractivity contribution is 7.89. The molecule has 0 spiro atoms. The third-order valence-electron chi connectivity index (χ3n) is 4.14. The molecule has 1 aromatic rings. The average Bonchev–Trinajstić information content (AvgIpc) is 2.49. The van der Waals surface area contributed by atoms with Crippen LogP contribution in [0.3, 0.4) is 0 Å². The van der Waals surface area contributed by atoms with Crippen LogP contribution in [0.2, 0.25) is 5.02 Å². The summed E-state index contributed by atoms with van der Waals surface area (Å²) in [6.07, 6.45) is 0. The molecule has 1 aliphatic heterocycles. The molecule has 8 heteroatoms. The van der Waals surface area contributed by atoms with Gasteiger partial charge in [0.1, 0.15) is 0 Å². The fraction of sp³-hybridized carbons (Fsp3) is 0.533. The molecule has 1 heterocycles. The first kappa shape index (κ1) is 18.2. The van der Waals surface area contributed by atoms with Crippen LogP contribution in [0.15, 0.2) is 29.2 Å². The van der Waals surface area contributed by atoms with Gasteiger partial charge < -0.3 is 10.2 Å². The van der Waals surface area contributed by atoms with Crippen LogP contribution in [0, 0.1) is 0 Å². The maximum Gasteiger partial charge on any atom is 0.241 e.